The van der Waals surface area contributed by atoms with Gasteiger partial charge in [-0.1, -0.05) is 42.5 Å². The Morgan fingerprint density at radius 2 is 1.70 bits per heavy atom. The number of nitrogens with zero attached hydrogens (tertiary/aromatic N) is 1. The standard InChI is InChI=1S/C27H25F3N2O4S/c1-35-22-12-11-19(14-23(22)36-2)25(34)32-21(16-37-26(32)18-8-4-3-5-9-18)24(33)31-15-17-7-6-10-20(13-17)27(28,29)30/h3-14,21,26H,15-16H2,1-2H3,(H,31,33). The van der Waals surface area contributed by atoms with Crippen LogP contribution in [-0.2, 0) is 17.5 Å². The second-order valence-corrected chi connectivity index (χ2v) is 9.42. The number of halogens is 3. The summed E-state index contributed by atoms with van der Waals surface area (Å²) in [7, 11) is 2.96. The van der Waals surface area contributed by atoms with E-state index >= 15 is 0 Å². The van der Waals surface area contributed by atoms with Crippen molar-refractivity contribution in [3.8, 4) is 11.5 Å². The lowest BCUT2D eigenvalue weighted by molar-refractivity contribution is -0.137. The minimum atomic E-state index is -4.48. The molecule has 2 unspecified atom stereocenters. The van der Waals surface area contributed by atoms with Crippen molar-refractivity contribution in [3.63, 3.8) is 0 Å². The van der Waals surface area contributed by atoms with E-state index in [9.17, 15) is 22.8 Å². The Bertz CT molecular complexity index is 1270. The third-order valence-electron chi connectivity index (χ3n) is 5.97. The molecule has 1 N–H and O–H groups in total. The fourth-order valence-electron chi connectivity index (χ4n) is 4.11. The van der Waals surface area contributed by atoms with E-state index in [4.69, 9.17) is 9.47 Å². The highest BCUT2D eigenvalue weighted by Crippen LogP contribution is 2.43. The quantitative estimate of drug-likeness (QED) is 0.449. The first kappa shape index (κ1) is 26.4. The number of alkyl halides is 3. The summed E-state index contributed by atoms with van der Waals surface area (Å²) in [6.45, 7) is -0.0989. The Morgan fingerprint density at radius 3 is 2.38 bits per heavy atom. The summed E-state index contributed by atoms with van der Waals surface area (Å²) in [5, 5.41) is 2.29. The van der Waals surface area contributed by atoms with Crippen LogP contribution in [0.1, 0.15) is 32.4 Å². The summed E-state index contributed by atoms with van der Waals surface area (Å²) >= 11 is 1.45. The van der Waals surface area contributed by atoms with E-state index in [0.29, 0.717) is 28.4 Å². The molecule has 1 aliphatic rings. The molecule has 0 saturated carbocycles. The lowest BCUT2D eigenvalue weighted by Gasteiger charge is -2.29. The maximum atomic E-state index is 13.8. The molecule has 2 amide bonds. The van der Waals surface area contributed by atoms with E-state index in [1.807, 2.05) is 30.3 Å². The Kier molecular flexibility index (Phi) is 7.97. The fraction of sp³-hybridized carbons (Fsp3) is 0.259. The number of nitrogens with one attached hydrogen (secondary N) is 1. The highest BCUT2D eigenvalue weighted by molar-refractivity contribution is 7.99. The first-order valence-corrected chi connectivity index (χ1v) is 12.4. The number of carbonyl (C=O) groups excluding carboxylic acids is 2. The zero-order valence-electron chi connectivity index (χ0n) is 20.1. The molecule has 194 valence electrons. The summed E-state index contributed by atoms with van der Waals surface area (Å²) < 4.78 is 49.8. The molecule has 6 nitrogen and oxygen atoms in total. The summed E-state index contributed by atoms with van der Waals surface area (Å²) in [6, 6.07) is 18.1. The van der Waals surface area contributed by atoms with Crippen molar-refractivity contribution in [2.24, 2.45) is 0 Å². The van der Waals surface area contributed by atoms with Crippen molar-refractivity contribution in [2.45, 2.75) is 24.1 Å². The molecule has 4 rings (SSSR count). The molecule has 0 spiro atoms. The van der Waals surface area contributed by atoms with Gasteiger partial charge in [-0.25, -0.2) is 0 Å². The van der Waals surface area contributed by atoms with Crippen molar-refractivity contribution in [2.75, 3.05) is 20.0 Å². The van der Waals surface area contributed by atoms with Gasteiger partial charge in [0.15, 0.2) is 11.5 Å². The molecule has 1 aliphatic heterocycles. The fourth-order valence-corrected chi connectivity index (χ4v) is 5.54. The van der Waals surface area contributed by atoms with E-state index in [0.717, 1.165) is 17.7 Å². The average Bonchev–Trinajstić information content (AvgIpc) is 3.36. The molecule has 3 aromatic rings. The van der Waals surface area contributed by atoms with Gasteiger partial charge in [0.1, 0.15) is 11.4 Å². The first-order chi connectivity index (χ1) is 17.7. The van der Waals surface area contributed by atoms with E-state index in [2.05, 4.69) is 5.32 Å². The van der Waals surface area contributed by atoms with Crippen molar-refractivity contribution in [1.82, 2.24) is 10.2 Å². The van der Waals surface area contributed by atoms with Gasteiger partial charge < -0.3 is 19.7 Å². The van der Waals surface area contributed by atoms with Crippen LogP contribution in [0.3, 0.4) is 0 Å². The van der Waals surface area contributed by atoms with Crippen LogP contribution in [0.25, 0.3) is 0 Å². The van der Waals surface area contributed by atoms with Crippen molar-refractivity contribution in [3.05, 3.63) is 95.1 Å². The lowest BCUT2D eigenvalue weighted by atomic mass is 10.1. The molecule has 3 aromatic carbocycles. The summed E-state index contributed by atoms with van der Waals surface area (Å²) in [4.78, 5) is 28.5. The van der Waals surface area contributed by atoms with Crippen LogP contribution in [0.5, 0.6) is 11.5 Å². The van der Waals surface area contributed by atoms with Gasteiger partial charge in [-0.3, -0.25) is 9.59 Å². The predicted molar refractivity (Wildman–Crippen MR) is 134 cm³/mol. The molecule has 0 aromatic heterocycles. The lowest BCUT2D eigenvalue weighted by Crippen LogP contribution is -2.47. The van der Waals surface area contributed by atoms with Crippen LogP contribution in [0, 0.1) is 0 Å². The van der Waals surface area contributed by atoms with Gasteiger partial charge >= 0.3 is 6.18 Å². The average molecular weight is 531 g/mol. The summed E-state index contributed by atoms with van der Waals surface area (Å²) in [5.41, 5.74) is 0.697. The number of rotatable bonds is 7. The highest BCUT2D eigenvalue weighted by Gasteiger charge is 2.42. The number of hydrogen-bond acceptors (Lipinski definition) is 5. The van der Waals surface area contributed by atoms with E-state index in [-0.39, 0.29) is 12.5 Å². The molecule has 1 saturated heterocycles. The Hall–Kier alpha value is -3.66. The number of hydrogen-bond donors (Lipinski definition) is 1. The van der Waals surface area contributed by atoms with Crippen LogP contribution in [-0.4, -0.2) is 42.7 Å². The minimum Gasteiger partial charge on any atom is -0.493 e. The first-order valence-electron chi connectivity index (χ1n) is 11.4. The van der Waals surface area contributed by atoms with Crippen molar-refractivity contribution < 1.29 is 32.2 Å². The molecule has 2 atom stereocenters. The maximum Gasteiger partial charge on any atom is 0.416 e. The molecule has 1 fully saturated rings. The van der Waals surface area contributed by atoms with Gasteiger partial charge in [0, 0.05) is 17.9 Å². The molecule has 0 bridgehead atoms. The van der Waals surface area contributed by atoms with Crippen LogP contribution in [0.2, 0.25) is 0 Å². The molecule has 1 heterocycles. The van der Waals surface area contributed by atoms with Gasteiger partial charge in [0.05, 0.1) is 19.8 Å². The van der Waals surface area contributed by atoms with Gasteiger partial charge in [-0.2, -0.15) is 13.2 Å². The number of benzene rings is 3. The Morgan fingerprint density at radius 1 is 0.973 bits per heavy atom. The van der Waals surface area contributed by atoms with Crippen molar-refractivity contribution >= 4 is 23.6 Å². The van der Waals surface area contributed by atoms with Gasteiger partial charge in [0.2, 0.25) is 5.91 Å². The SMILES string of the molecule is COc1ccc(C(=O)N2C(C(=O)NCc3cccc(C(F)(F)F)c3)CSC2c2ccccc2)cc1OC. The molecule has 10 heteroatoms. The second kappa shape index (κ2) is 11.2. The summed E-state index contributed by atoms with van der Waals surface area (Å²) in [5.74, 6) is 0.343. The topological polar surface area (TPSA) is 67.9 Å². The number of ether oxygens (including phenoxy) is 2. The molecular weight excluding hydrogens is 505 g/mol. The Labute approximate surface area is 216 Å². The third-order valence-corrected chi connectivity index (χ3v) is 7.30. The van der Waals surface area contributed by atoms with E-state index in [1.165, 1.54) is 43.0 Å². The van der Waals surface area contributed by atoms with Crippen LogP contribution >= 0.6 is 11.8 Å². The molecule has 0 radical (unpaired) electrons. The highest BCUT2D eigenvalue weighted by atomic mass is 32.2. The number of methoxy groups -OCH3 is 2. The third kappa shape index (κ3) is 5.85. The van der Waals surface area contributed by atoms with Crippen LogP contribution < -0.4 is 14.8 Å². The normalized spacial score (nSPS) is 17.4. The Balaban J connectivity index is 1.60. The van der Waals surface area contributed by atoms with Crippen molar-refractivity contribution in [1.29, 1.82) is 0 Å². The van der Waals surface area contributed by atoms with Crippen LogP contribution in [0.4, 0.5) is 13.2 Å². The molecule has 37 heavy (non-hydrogen) atoms. The monoisotopic (exact) mass is 530 g/mol. The number of carbonyl (C=O) groups is 2. The van der Waals surface area contributed by atoms with Gasteiger partial charge in [-0.05, 0) is 41.5 Å². The van der Waals surface area contributed by atoms with Gasteiger partial charge in [0.25, 0.3) is 5.91 Å². The smallest absolute Gasteiger partial charge is 0.416 e. The molecule has 0 aliphatic carbocycles. The summed E-state index contributed by atoms with van der Waals surface area (Å²) in [6.07, 6.45) is -4.48. The molecular formula is C27H25F3N2O4S. The zero-order valence-corrected chi connectivity index (χ0v) is 20.9. The van der Waals surface area contributed by atoms with Gasteiger partial charge in [-0.15, -0.1) is 11.8 Å². The predicted octanol–water partition coefficient (Wildman–Crippen LogP) is 5.30. The minimum absolute atomic E-state index is 0.0989. The van der Waals surface area contributed by atoms with E-state index < -0.39 is 29.1 Å². The second-order valence-electron chi connectivity index (χ2n) is 8.31. The van der Waals surface area contributed by atoms with E-state index in [1.54, 1.807) is 18.2 Å². The number of amides is 2. The number of thioether (sulfide) groups is 1. The zero-order chi connectivity index (χ0) is 26.6. The van der Waals surface area contributed by atoms with Crippen LogP contribution in [0.15, 0.2) is 72.8 Å². The maximum absolute atomic E-state index is 13.8. The largest absolute Gasteiger partial charge is 0.493 e.